The van der Waals surface area contributed by atoms with E-state index in [0.717, 1.165) is 6.07 Å². The Bertz CT molecular complexity index is 794. The number of benzene rings is 2. The number of primary amides is 1. The first kappa shape index (κ1) is 18.2. The van der Waals surface area contributed by atoms with Crippen molar-refractivity contribution in [3.05, 3.63) is 57.0 Å². The molecule has 2 aromatic carbocycles. The molecule has 0 unspecified atom stereocenters. The first-order chi connectivity index (χ1) is 11.3. The number of hydrogen-bond donors (Lipinski definition) is 2. The largest absolute Gasteiger partial charge is 0.483 e. The molecule has 0 heterocycles. The highest BCUT2D eigenvalue weighted by Gasteiger charge is 2.15. The van der Waals surface area contributed by atoms with Crippen molar-refractivity contribution in [2.45, 2.75) is 0 Å². The summed E-state index contributed by atoms with van der Waals surface area (Å²) in [6.45, 7) is -0.538. The average Bonchev–Trinajstić information content (AvgIpc) is 2.48. The fraction of sp³-hybridized carbons (Fsp3) is 0.0667. The standard InChI is InChI=1S/C15H10BrClF2N2O3/c16-10-4-8(18)5-11(19)14(10)21-13(22)6-24-12-3-7(17)1-2-9(12)15(20)23/h1-5H,6H2,(H2,20,23)(H,21,22). The second-order valence-corrected chi connectivity index (χ2v) is 5.88. The monoisotopic (exact) mass is 418 g/mol. The molecule has 5 nitrogen and oxygen atoms in total. The molecular weight excluding hydrogens is 410 g/mol. The number of anilines is 1. The molecule has 0 aliphatic rings. The second kappa shape index (κ2) is 7.59. The lowest BCUT2D eigenvalue weighted by Crippen LogP contribution is -2.22. The summed E-state index contributed by atoms with van der Waals surface area (Å²) in [7, 11) is 0. The van der Waals surface area contributed by atoms with E-state index in [1.54, 1.807) is 0 Å². The van der Waals surface area contributed by atoms with Gasteiger partial charge in [0, 0.05) is 15.6 Å². The molecule has 0 aliphatic carbocycles. The van der Waals surface area contributed by atoms with Gasteiger partial charge < -0.3 is 15.8 Å². The van der Waals surface area contributed by atoms with Crippen molar-refractivity contribution in [1.82, 2.24) is 0 Å². The Morgan fingerprint density at radius 1 is 1.25 bits per heavy atom. The Hall–Kier alpha value is -2.19. The van der Waals surface area contributed by atoms with Gasteiger partial charge in [-0.15, -0.1) is 0 Å². The molecule has 0 spiro atoms. The first-order valence-corrected chi connectivity index (χ1v) is 7.61. The summed E-state index contributed by atoms with van der Waals surface area (Å²) in [6.07, 6.45) is 0. The highest BCUT2D eigenvalue weighted by molar-refractivity contribution is 9.10. The van der Waals surface area contributed by atoms with E-state index < -0.39 is 30.1 Å². The molecular formula is C15H10BrClF2N2O3. The number of carbonyl (C=O) groups is 2. The molecule has 0 aliphatic heterocycles. The van der Waals surface area contributed by atoms with Crippen LogP contribution in [-0.2, 0) is 4.79 Å². The zero-order chi connectivity index (χ0) is 17.9. The van der Waals surface area contributed by atoms with Gasteiger partial charge in [0.2, 0.25) is 0 Å². The van der Waals surface area contributed by atoms with E-state index in [4.69, 9.17) is 22.1 Å². The van der Waals surface area contributed by atoms with Crippen LogP contribution >= 0.6 is 27.5 Å². The third-order valence-corrected chi connectivity index (χ3v) is 3.70. The van der Waals surface area contributed by atoms with Crippen molar-refractivity contribution in [3.8, 4) is 5.75 Å². The molecule has 0 aromatic heterocycles. The number of rotatable bonds is 5. The summed E-state index contributed by atoms with van der Waals surface area (Å²) in [5.41, 5.74) is 5.01. The Kier molecular flexibility index (Phi) is 5.74. The lowest BCUT2D eigenvalue weighted by molar-refractivity contribution is -0.118. The molecule has 24 heavy (non-hydrogen) atoms. The quantitative estimate of drug-likeness (QED) is 0.778. The van der Waals surface area contributed by atoms with Crippen molar-refractivity contribution in [1.29, 1.82) is 0 Å². The Morgan fingerprint density at radius 2 is 1.96 bits per heavy atom. The van der Waals surface area contributed by atoms with Crippen molar-refractivity contribution in [2.75, 3.05) is 11.9 Å². The van der Waals surface area contributed by atoms with E-state index in [1.165, 1.54) is 18.2 Å². The van der Waals surface area contributed by atoms with E-state index >= 15 is 0 Å². The molecule has 2 aromatic rings. The summed E-state index contributed by atoms with van der Waals surface area (Å²) in [5.74, 6) is -3.20. The minimum Gasteiger partial charge on any atom is -0.483 e. The van der Waals surface area contributed by atoms with Crippen LogP contribution in [0, 0.1) is 11.6 Å². The minimum atomic E-state index is -0.948. The number of carbonyl (C=O) groups excluding carboxylic acids is 2. The summed E-state index contributed by atoms with van der Waals surface area (Å²) in [6, 6.07) is 5.75. The summed E-state index contributed by atoms with van der Waals surface area (Å²) in [5, 5.41) is 2.52. The molecule has 0 saturated heterocycles. The highest BCUT2D eigenvalue weighted by Crippen LogP contribution is 2.27. The van der Waals surface area contributed by atoms with Crippen molar-refractivity contribution < 1.29 is 23.1 Å². The third-order valence-electron chi connectivity index (χ3n) is 2.84. The number of nitrogens with two attached hydrogens (primary N) is 1. The molecule has 3 N–H and O–H groups in total. The highest BCUT2D eigenvalue weighted by atomic mass is 79.9. The van der Waals surface area contributed by atoms with E-state index in [0.29, 0.717) is 6.07 Å². The van der Waals surface area contributed by atoms with Gasteiger partial charge >= 0.3 is 0 Å². The smallest absolute Gasteiger partial charge is 0.262 e. The van der Waals surface area contributed by atoms with Crippen LogP contribution in [0.4, 0.5) is 14.5 Å². The van der Waals surface area contributed by atoms with E-state index in [2.05, 4.69) is 21.2 Å². The molecule has 0 radical (unpaired) electrons. The second-order valence-electron chi connectivity index (χ2n) is 4.59. The van der Waals surface area contributed by atoms with Crippen LogP contribution in [0.1, 0.15) is 10.4 Å². The number of nitrogens with one attached hydrogen (secondary N) is 1. The maximum absolute atomic E-state index is 13.7. The molecule has 2 amide bonds. The van der Waals surface area contributed by atoms with Gasteiger partial charge in [0.25, 0.3) is 11.8 Å². The van der Waals surface area contributed by atoms with Crippen LogP contribution in [0.2, 0.25) is 5.02 Å². The van der Waals surface area contributed by atoms with Gasteiger partial charge in [-0.25, -0.2) is 8.78 Å². The van der Waals surface area contributed by atoms with E-state index in [-0.39, 0.29) is 26.5 Å². The van der Waals surface area contributed by atoms with Gasteiger partial charge in [0.05, 0.1) is 11.3 Å². The minimum absolute atomic E-state index is 0.0174. The molecule has 2 rings (SSSR count). The van der Waals surface area contributed by atoms with Crippen LogP contribution in [0.15, 0.2) is 34.8 Å². The number of ether oxygens (including phenoxy) is 1. The zero-order valence-corrected chi connectivity index (χ0v) is 14.2. The summed E-state index contributed by atoms with van der Waals surface area (Å²) < 4.78 is 31.9. The van der Waals surface area contributed by atoms with E-state index in [9.17, 15) is 18.4 Å². The fourth-order valence-electron chi connectivity index (χ4n) is 1.80. The fourth-order valence-corrected chi connectivity index (χ4v) is 2.47. The maximum Gasteiger partial charge on any atom is 0.262 e. The Labute approximate surface area is 148 Å². The SMILES string of the molecule is NC(=O)c1ccc(Cl)cc1OCC(=O)Nc1c(F)cc(F)cc1Br. The van der Waals surface area contributed by atoms with Crippen LogP contribution in [0.25, 0.3) is 0 Å². The normalized spacial score (nSPS) is 10.3. The van der Waals surface area contributed by atoms with E-state index in [1.807, 2.05) is 0 Å². The van der Waals surface area contributed by atoms with Gasteiger partial charge in [-0.3, -0.25) is 9.59 Å². The topological polar surface area (TPSA) is 81.4 Å². The molecule has 9 heteroatoms. The third kappa shape index (κ3) is 4.42. The number of amides is 2. The maximum atomic E-state index is 13.7. The van der Waals surface area contributed by atoms with Crippen LogP contribution in [-0.4, -0.2) is 18.4 Å². The summed E-state index contributed by atoms with van der Waals surface area (Å²) >= 11 is 8.75. The Morgan fingerprint density at radius 3 is 2.58 bits per heavy atom. The lowest BCUT2D eigenvalue weighted by atomic mass is 10.2. The molecule has 126 valence electrons. The van der Waals surface area contributed by atoms with Gasteiger partial charge in [-0.1, -0.05) is 11.6 Å². The summed E-state index contributed by atoms with van der Waals surface area (Å²) in [4.78, 5) is 23.2. The van der Waals surface area contributed by atoms with Gasteiger partial charge in [-0.2, -0.15) is 0 Å². The Balaban J connectivity index is 2.10. The predicted molar refractivity (Wildman–Crippen MR) is 88.2 cm³/mol. The molecule has 0 atom stereocenters. The van der Waals surface area contributed by atoms with Crippen molar-refractivity contribution >= 4 is 45.0 Å². The van der Waals surface area contributed by atoms with Gasteiger partial charge in [-0.05, 0) is 40.2 Å². The van der Waals surface area contributed by atoms with Gasteiger partial charge in [0.1, 0.15) is 11.6 Å². The average molecular weight is 420 g/mol. The number of halogens is 4. The van der Waals surface area contributed by atoms with Crippen molar-refractivity contribution in [3.63, 3.8) is 0 Å². The van der Waals surface area contributed by atoms with Gasteiger partial charge in [0.15, 0.2) is 12.4 Å². The van der Waals surface area contributed by atoms with Crippen LogP contribution in [0.3, 0.4) is 0 Å². The molecule has 0 fully saturated rings. The number of hydrogen-bond acceptors (Lipinski definition) is 3. The van der Waals surface area contributed by atoms with Crippen LogP contribution < -0.4 is 15.8 Å². The first-order valence-electron chi connectivity index (χ1n) is 6.44. The lowest BCUT2D eigenvalue weighted by Gasteiger charge is -2.12. The predicted octanol–water partition coefficient (Wildman–Crippen LogP) is 3.50. The van der Waals surface area contributed by atoms with Crippen molar-refractivity contribution in [2.24, 2.45) is 5.73 Å². The molecule has 0 saturated carbocycles. The van der Waals surface area contributed by atoms with Crippen LogP contribution in [0.5, 0.6) is 5.75 Å². The molecule has 0 bridgehead atoms. The zero-order valence-electron chi connectivity index (χ0n) is 11.9.